The zero-order chi connectivity index (χ0) is 12.2. The van der Waals surface area contributed by atoms with Gasteiger partial charge < -0.3 is 10.3 Å². The van der Waals surface area contributed by atoms with Gasteiger partial charge in [-0.3, -0.25) is 4.98 Å². The van der Waals surface area contributed by atoms with Crippen molar-refractivity contribution >= 4 is 23.1 Å². The molecule has 3 rings (SSSR count). The topological polar surface area (TPSA) is 40.7 Å². The van der Waals surface area contributed by atoms with E-state index in [0.717, 1.165) is 30.1 Å². The molecule has 0 fully saturated rings. The largest absolute Gasteiger partial charge is 0.360 e. The summed E-state index contributed by atoms with van der Waals surface area (Å²) in [6, 6.07) is 0. The minimum absolute atomic E-state index is 0.892. The molecule has 0 saturated heterocycles. The third kappa shape index (κ3) is 2.37. The molecule has 18 heavy (non-hydrogen) atoms. The molecule has 0 spiro atoms. The molecule has 0 aromatic carbocycles. The molecule has 0 radical (unpaired) electrons. The van der Waals surface area contributed by atoms with Crippen LogP contribution in [0.15, 0.2) is 29.7 Å². The molecule has 0 bridgehead atoms. The monoisotopic (exact) mass is 255 g/mol. The molecule has 0 aliphatic heterocycles. The highest BCUT2D eigenvalue weighted by molar-refractivity contribution is 7.09. The van der Waals surface area contributed by atoms with E-state index in [-0.39, 0.29) is 0 Å². The van der Waals surface area contributed by atoms with E-state index in [1.54, 1.807) is 11.3 Å². The van der Waals surface area contributed by atoms with Crippen LogP contribution in [0.25, 0.3) is 11.8 Å². The van der Waals surface area contributed by atoms with E-state index in [0.29, 0.717) is 0 Å². The van der Waals surface area contributed by atoms with E-state index in [2.05, 4.69) is 32.9 Å². The van der Waals surface area contributed by atoms with Gasteiger partial charge in [0.1, 0.15) is 0 Å². The Balaban J connectivity index is 1.61. The van der Waals surface area contributed by atoms with Crippen LogP contribution < -0.4 is 15.9 Å². The Labute approximate surface area is 109 Å². The van der Waals surface area contributed by atoms with E-state index in [4.69, 9.17) is 0 Å². The lowest BCUT2D eigenvalue weighted by Crippen LogP contribution is -2.26. The summed E-state index contributed by atoms with van der Waals surface area (Å²) in [5.74, 6) is 0. The number of rotatable bonds is 5. The first-order chi connectivity index (χ1) is 8.93. The zero-order valence-electron chi connectivity index (χ0n) is 9.86. The molecule has 0 amide bonds. The fourth-order valence-corrected chi connectivity index (χ4v) is 2.53. The second-order valence-electron chi connectivity index (χ2n) is 4.10. The molecule has 0 atom stereocenters. The Kier molecular flexibility index (Phi) is 3.26. The summed E-state index contributed by atoms with van der Waals surface area (Å²) in [5, 5.41) is 5.70. The first kappa shape index (κ1) is 11.3. The van der Waals surface area contributed by atoms with Crippen LogP contribution in [0, 0.1) is 0 Å². The van der Waals surface area contributed by atoms with Crippen LogP contribution in [0.5, 0.6) is 0 Å². The van der Waals surface area contributed by atoms with Crippen LogP contribution in [0.1, 0.15) is 10.4 Å². The van der Waals surface area contributed by atoms with Gasteiger partial charge in [0.2, 0.25) is 0 Å². The zero-order valence-corrected chi connectivity index (χ0v) is 10.7. The second-order valence-corrected chi connectivity index (χ2v) is 5.07. The molecular weight excluding hydrogens is 242 g/mol. The van der Waals surface area contributed by atoms with E-state index in [1.165, 1.54) is 10.4 Å². The van der Waals surface area contributed by atoms with Gasteiger partial charge in [0, 0.05) is 23.8 Å². The molecule has 2 N–H and O–H groups in total. The van der Waals surface area contributed by atoms with Gasteiger partial charge in [0.25, 0.3) is 0 Å². The second kappa shape index (κ2) is 5.21. The van der Waals surface area contributed by atoms with E-state index in [9.17, 15) is 0 Å². The number of allylic oxidation sites excluding steroid dienone is 1. The number of hydrogen-bond donors (Lipinski definition) is 2. The number of hydrogen-bond acceptors (Lipinski definition) is 3. The van der Waals surface area contributed by atoms with Gasteiger partial charge in [0.15, 0.2) is 0 Å². The van der Waals surface area contributed by atoms with Crippen LogP contribution in [0.3, 0.4) is 0 Å². The third-order valence-electron chi connectivity index (χ3n) is 2.88. The summed E-state index contributed by atoms with van der Waals surface area (Å²) in [7, 11) is 0. The number of H-pyrrole nitrogens is 1. The molecule has 0 saturated carbocycles. The van der Waals surface area contributed by atoms with Crippen molar-refractivity contribution in [3.05, 3.63) is 50.7 Å². The van der Waals surface area contributed by atoms with Crippen molar-refractivity contribution in [2.45, 2.75) is 13.0 Å². The first-order valence-corrected chi connectivity index (χ1v) is 6.78. The van der Waals surface area contributed by atoms with Gasteiger partial charge >= 0.3 is 0 Å². The number of thiazole rings is 1. The summed E-state index contributed by atoms with van der Waals surface area (Å²) in [6.45, 7) is 1.84. The quantitative estimate of drug-likeness (QED) is 0.609. The lowest BCUT2D eigenvalue weighted by molar-refractivity contribution is 0.692. The summed E-state index contributed by atoms with van der Waals surface area (Å²) < 4.78 is 0. The van der Waals surface area contributed by atoms with Crippen molar-refractivity contribution in [3.8, 4) is 0 Å². The highest BCUT2D eigenvalue weighted by atomic mass is 32.1. The maximum Gasteiger partial charge on any atom is 0.0794 e. The van der Waals surface area contributed by atoms with Crippen LogP contribution in [0.2, 0.25) is 0 Å². The predicted molar refractivity (Wildman–Crippen MR) is 73.5 cm³/mol. The van der Waals surface area contributed by atoms with Gasteiger partial charge in [-0.05, 0) is 30.7 Å². The standard InChI is InChI=1S/C14H13N3S/c1-2-4-14-13(3-1)11(7-17-14)5-6-15-8-12-9-16-10-18-12/h2,4,7,9-10,15,17H,5-6,8H2. The molecule has 2 aromatic rings. The minimum atomic E-state index is 0.892. The smallest absolute Gasteiger partial charge is 0.0794 e. The fourth-order valence-electron chi connectivity index (χ4n) is 1.96. The van der Waals surface area contributed by atoms with E-state index >= 15 is 0 Å². The molecule has 1 aliphatic carbocycles. The number of aromatic nitrogens is 2. The maximum atomic E-state index is 4.06. The molecule has 0 unspecified atom stereocenters. The third-order valence-corrected chi connectivity index (χ3v) is 3.66. The van der Waals surface area contributed by atoms with Crippen molar-refractivity contribution < 1.29 is 0 Å². The Morgan fingerprint density at radius 1 is 1.44 bits per heavy atom. The normalized spacial score (nSPS) is 12.0. The van der Waals surface area contributed by atoms with Crippen molar-refractivity contribution in [3.63, 3.8) is 0 Å². The molecule has 4 heteroatoms. The average Bonchev–Trinajstić information content (AvgIpc) is 3.04. The lowest BCUT2D eigenvalue weighted by Gasteiger charge is -2.01. The molecule has 3 nitrogen and oxygen atoms in total. The average molecular weight is 255 g/mol. The van der Waals surface area contributed by atoms with Crippen molar-refractivity contribution in [2.24, 2.45) is 0 Å². The highest BCUT2D eigenvalue weighted by Crippen LogP contribution is 2.03. The number of aromatic amines is 1. The predicted octanol–water partition coefficient (Wildman–Crippen LogP) is 0.688. The van der Waals surface area contributed by atoms with Gasteiger partial charge in [-0.25, -0.2) is 0 Å². The highest BCUT2D eigenvalue weighted by Gasteiger charge is 2.00. The van der Waals surface area contributed by atoms with E-state index < -0.39 is 0 Å². The number of nitrogens with one attached hydrogen (secondary N) is 2. The number of fused-ring (bicyclic) bond motifs is 1. The summed E-state index contributed by atoms with van der Waals surface area (Å²) in [5.41, 5.74) is 9.32. The van der Waals surface area contributed by atoms with Gasteiger partial charge in [0.05, 0.1) is 16.1 Å². The summed E-state index contributed by atoms with van der Waals surface area (Å²) >= 11 is 1.68. The summed E-state index contributed by atoms with van der Waals surface area (Å²) in [4.78, 5) is 8.58. The van der Waals surface area contributed by atoms with Crippen LogP contribution in [-0.4, -0.2) is 16.5 Å². The molecule has 2 heterocycles. The SMILES string of the molecule is C1=C=c2c(CCNCc3cncs3)c[nH]c2=CC=1. The number of nitrogens with zero attached hydrogens (tertiary/aromatic N) is 1. The Morgan fingerprint density at radius 2 is 2.44 bits per heavy atom. The van der Waals surface area contributed by atoms with Crippen LogP contribution in [0.4, 0.5) is 0 Å². The van der Waals surface area contributed by atoms with Gasteiger partial charge in [-0.15, -0.1) is 11.3 Å². The van der Waals surface area contributed by atoms with Crippen molar-refractivity contribution in [1.29, 1.82) is 0 Å². The molecular formula is C14H13N3S. The Hall–Kier alpha value is -1.83. The minimum Gasteiger partial charge on any atom is -0.360 e. The Bertz CT molecular complexity index is 712. The molecule has 2 aromatic heterocycles. The van der Waals surface area contributed by atoms with Crippen molar-refractivity contribution in [2.75, 3.05) is 6.54 Å². The maximum absolute atomic E-state index is 4.06. The van der Waals surface area contributed by atoms with E-state index in [1.807, 2.05) is 23.9 Å². The van der Waals surface area contributed by atoms with Crippen LogP contribution in [-0.2, 0) is 13.0 Å². The van der Waals surface area contributed by atoms with Crippen molar-refractivity contribution in [1.82, 2.24) is 15.3 Å². The van der Waals surface area contributed by atoms with Gasteiger partial charge in [-0.1, -0.05) is 11.5 Å². The van der Waals surface area contributed by atoms with Gasteiger partial charge in [-0.2, -0.15) is 0 Å². The van der Waals surface area contributed by atoms with Crippen LogP contribution >= 0.6 is 11.3 Å². The summed E-state index contributed by atoms with van der Waals surface area (Å²) in [6.07, 6.45) is 8.87. The first-order valence-electron chi connectivity index (χ1n) is 5.90. The fraction of sp³-hybridized carbons (Fsp3) is 0.214. The Morgan fingerprint density at radius 3 is 3.33 bits per heavy atom. The molecule has 1 aliphatic rings. The molecule has 90 valence electrons. The lowest BCUT2D eigenvalue weighted by atomic mass is 10.2.